The highest BCUT2D eigenvalue weighted by atomic mass is 31.1. The van der Waals surface area contributed by atoms with Crippen molar-refractivity contribution in [3.63, 3.8) is 0 Å². The van der Waals surface area contributed by atoms with E-state index < -0.39 is 7.92 Å². The van der Waals surface area contributed by atoms with Gasteiger partial charge in [-0.2, -0.15) is 0 Å². The first-order valence-electron chi connectivity index (χ1n) is 8.84. The second-order valence-corrected chi connectivity index (χ2v) is 8.09. The standard InChI is InChI=1S/C18H15P.C7H6O/c1-4-10-16(11-5-1)19(17-12-6-2-7-13-17)18-14-8-3-9-15-18;8-6-7-4-2-1-3-5-7/h1-15H;1-6H. The van der Waals surface area contributed by atoms with Gasteiger partial charge in [0.1, 0.15) is 6.29 Å². The van der Waals surface area contributed by atoms with Crippen LogP contribution in [0.3, 0.4) is 0 Å². The average Bonchev–Trinajstić information content (AvgIpc) is 2.77. The van der Waals surface area contributed by atoms with E-state index in [9.17, 15) is 4.79 Å². The van der Waals surface area contributed by atoms with E-state index in [-0.39, 0.29) is 0 Å². The third-order valence-corrected chi connectivity index (χ3v) is 6.42. The summed E-state index contributed by atoms with van der Waals surface area (Å²) in [6.07, 6.45) is 0.833. The molecule has 0 fully saturated rings. The molecule has 0 N–H and O–H groups in total. The SMILES string of the molecule is O=Cc1ccccc1.c1ccc(P(c2ccccc2)c2ccccc2)cc1. The van der Waals surface area contributed by atoms with Crippen molar-refractivity contribution in [3.8, 4) is 0 Å². The lowest BCUT2D eigenvalue weighted by molar-refractivity contribution is 0.112. The Labute approximate surface area is 162 Å². The molecule has 2 heteroatoms. The highest BCUT2D eigenvalue weighted by Crippen LogP contribution is 2.32. The fraction of sp³-hybridized carbons (Fsp3) is 0. The Balaban J connectivity index is 0.000000221. The number of carbonyl (C=O) groups is 1. The first-order valence-corrected chi connectivity index (χ1v) is 10.2. The maximum Gasteiger partial charge on any atom is 0.150 e. The summed E-state index contributed by atoms with van der Waals surface area (Å²) in [4.78, 5) is 10.0. The molecule has 4 rings (SSSR count). The van der Waals surface area contributed by atoms with Gasteiger partial charge < -0.3 is 0 Å². The van der Waals surface area contributed by atoms with Crippen molar-refractivity contribution < 1.29 is 4.79 Å². The minimum atomic E-state index is -0.446. The summed E-state index contributed by atoms with van der Waals surface area (Å²) in [5, 5.41) is 4.19. The largest absolute Gasteiger partial charge is 0.298 e. The highest BCUT2D eigenvalue weighted by Gasteiger charge is 2.14. The molecule has 4 aromatic rings. The molecular formula is C25H21OP. The van der Waals surface area contributed by atoms with Crippen LogP contribution in [0.5, 0.6) is 0 Å². The molecule has 0 spiro atoms. The van der Waals surface area contributed by atoms with Crippen LogP contribution >= 0.6 is 7.92 Å². The molecule has 0 unspecified atom stereocenters. The molecule has 0 heterocycles. The summed E-state index contributed by atoms with van der Waals surface area (Å²) >= 11 is 0. The van der Waals surface area contributed by atoms with Crippen LogP contribution in [-0.4, -0.2) is 6.29 Å². The van der Waals surface area contributed by atoms with Gasteiger partial charge in [-0.05, 0) is 23.8 Å². The first kappa shape index (κ1) is 18.8. The molecule has 0 radical (unpaired) electrons. The van der Waals surface area contributed by atoms with Gasteiger partial charge in [0.05, 0.1) is 0 Å². The lowest BCUT2D eigenvalue weighted by Gasteiger charge is -2.18. The van der Waals surface area contributed by atoms with Crippen LogP contribution in [0.2, 0.25) is 0 Å². The molecule has 0 saturated carbocycles. The monoisotopic (exact) mass is 368 g/mol. The number of benzene rings is 4. The topological polar surface area (TPSA) is 17.1 Å². The van der Waals surface area contributed by atoms with Gasteiger partial charge in [0.2, 0.25) is 0 Å². The van der Waals surface area contributed by atoms with E-state index in [0.29, 0.717) is 0 Å². The summed E-state index contributed by atoms with van der Waals surface area (Å²) in [6, 6.07) is 41.4. The zero-order chi connectivity index (χ0) is 18.7. The lowest BCUT2D eigenvalue weighted by Crippen LogP contribution is -2.20. The average molecular weight is 368 g/mol. The van der Waals surface area contributed by atoms with Gasteiger partial charge in [-0.25, -0.2) is 0 Å². The molecule has 0 amide bonds. The van der Waals surface area contributed by atoms with E-state index in [1.54, 1.807) is 12.1 Å². The summed E-state index contributed by atoms with van der Waals surface area (Å²) < 4.78 is 0. The Morgan fingerprint density at radius 2 is 0.741 bits per heavy atom. The smallest absolute Gasteiger partial charge is 0.150 e. The molecule has 0 bridgehead atoms. The Morgan fingerprint density at radius 3 is 1.00 bits per heavy atom. The van der Waals surface area contributed by atoms with Gasteiger partial charge in [-0.1, -0.05) is 121 Å². The van der Waals surface area contributed by atoms with E-state index in [1.165, 1.54) is 15.9 Å². The number of hydrogen-bond acceptors (Lipinski definition) is 1. The minimum Gasteiger partial charge on any atom is -0.298 e. The minimum absolute atomic E-state index is 0.446. The van der Waals surface area contributed by atoms with Crippen LogP contribution in [0.1, 0.15) is 10.4 Å². The zero-order valence-corrected chi connectivity index (χ0v) is 15.9. The molecule has 0 aliphatic carbocycles. The quantitative estimate of drug-likeness (QED) is 0.368. The fourth-order valence-electron chi connectivity index (χ4n) is 2.71. The first-order chi connectivity index (χ1) is 13.4. The molecule has 0 atom stereocenters. The third kappa shape index (κ3) is 5.48. The number of rotatable bonds is 4. The van der Waals surface area contributed by atoms with Crippen LogP contribution in [0.15, 0.2) is 121 Å². The van der Waals surface area contributed by atoms with Crippen LogP contribution in [-0.2, 0) is 0 Å². The van der Waals surface area contributed by atoms with E-state index >= 15 is 0 Å². The lowest BCUT2D eigenvalue weighted by atomic mass is 10.2. The molecule has 4 aromatic carbocycles. The van der Waals surface area contributed by atoms with Crippen molar-refractivity contribution in [2.45, 2.75) is 0 Å². The molecular weight excluding hydrogens is 347 g/mol. The van der Waals surface area contributed by atoms with Crippen LogP contribution in [0.25, 0.3) is 0 Å². The predicted octanol–water partition coefficient (Wildman–Crippen LogP) is 4.94. The van der Waals surface area contributed by atoms with E-state index in [0.717, 1.165) is 11.8 Å². The number of carbonyl (C=O) groups excluding carboxylic acids is 1. The summed E-state index contributed by atoms with van der Waals surface area (Å²) in [7, 11) is -0.446. The van der Waals surface area contributed by atoms with Crippen molar-refractivity contribution >= 4 is 30.1 Å². The van der Waals surface area contributed by atoms with Gasteiger partial charge in [0.15, 0.2) is 0 Å². The van der Waals surface area contributed by atoms with Gasteiger partial charge in [0.25, 0.3) is 0 Å². The zero-order valence-electron chi connectivity index (χ0n) is 15.0. The number of aldehydes is 1. The molecule has 0 saturated heterocycles. The van der Waals surface area contributed by atoms with Gasteiger partial charge in [0, 0.05) is 5.56 Å². The van der Waals surface area contributed by atoms with Gasteiger partial charge in [-0.3, -0.25) is 4.79 Å². The van der Waals surface area contributed by atoms with Gasteiger partial charge in [-0.15, -0.1) is 0 Å². The molecule has 0 aliphatic heterocycles. The summed E-state index contributed by atoms with van der Waals surface area (Å²) in [5.74, 6) is 0. The van der Waals surface area contributed by atoms with E-state index in [4.69, 9.17) is 0 Å². The molecule has 132 valence electrons. The fourth-order valence-corrected chi connectivity index (χ4v) is 5.02. The Hall–Kier alpha value is -3.02. The van der Waals surface area contributed by atoms with E-state index in [1.807, 2.05) is 18.2 Å². The molecule has 1 nitrogen and oxygen atoms in total. The molecule has 0 aliphatic rings. The molecule has 27 heavy (non-hydrogen) atoms. The van der Waals surface area contributed by atoms with Crippen molar-refractivity contribution in [2.24, 2.45) is 0 Å². The van der Waals surface area contributed by atoms with Crippen molar-refractivity contribution in [2.75, 3.05) is 0 Å². The summed E-state index contributed by atoms with van der Waals surface area (Å²) in [6.45, 7) is 0. The Kier molecular flexibility index (Phi) is 7.09. The third-order valence-electron chi connectivity index (χ3n) is 3.98. The maximum absolute atomic E-state index is 10.0. The normalized spacial score (nSPS) is 9.96. The van der Waals surface area contributed by atoms with Crippen molar-refractivity contribution in [1.82, 2.24) is 0 Å². The van der Waals surface area contributed by atoms with Crippen LogP contribution < -0.4 is 15.9 Å². The maximum atomic E-state index is 10.0. The second-order valence-electron chi connectivity index (χ2n) is 5.87. The van der Waals surface area contributed by atoms with Crippen molar-refractivity contribution in [1.29, 1.82) is 0 Å². The summed E-state index contributed by atoms with van der Waals surface area (Å²) in [5.41, 5.74) is 0.729. The van der Waals surface area contributed by atoms with Crippen LogP contribution in [0, 0.1) is 0 Å². The molecule has 0 aromatic heterocycles. The number of hydrogen-bond donors (Lipinski definition) is 0. The van der Waals surface area contributed by atoms with Crippen molar-refractivity contribution in [3.05, 3.63) is 127 Å². The second kappa shape index (κ2) is 10.2. The van der Waals surface area contributed by atoms with Gasteiger partial charge >= 0.3 is 0 Å². The highest BCUT2D eigenvalue weighted by molar-refractivity contribution is 7.79. The Morgan fingerprint density at radius 1 is 0.444 bits per heavy atom. The van der Waals surface area contributed by atoms with Crippen LogP contribution in [0.4, 0.5) is 0 Å². The predicted molar refractivity (Wildman–Crippen MR) is 117 cm³/mol. The van der Waals surface area contributed by atoms with E-state index in [2.05, 4.69) is 91.0 Å². The Bertz CT molecular complexity index is 829.